The molecule has 144 valence electrons. The van der Waals surface area contributed by atoms with Crippen LogP contribution in [0, 0.1) is 0 Å². The van der Waals surface area contributed by atoms with E-state index in [0.717, 1.165) is 19.3 Å². The van der Waals surface area contributed by atoms with Crippen LogP contribution in [0.15, 0.2) is 60.7 Å². The maximum atomic E-state index is 12.5. The van der Waals surface area contributed by atoms with E-state index in [-0.39, 0.29) is 18.0 Å². The van der Waals surface area contributed by atoms with Gasteiger partial charge in [-0.1, -0.05) is 49.7 Å². The molecule has 2 unspecified atom stereocenters. The highest BCUT2D eigenvalue weighted by atomic mass is 16.6. The lowest BCUT2D eigenvalue weighted by Crippen LogP contribution is -2.36. The molecule has 2 aromatic rings. The monoisotopic (exact) mass is 368 g/mol. The summed E-state index contributed by atoms with van der Waals surface area (Å²) < 4.78 is 11.4. The molecular weight excluding hydrogens is 340 g/mol. The van der Waals surface area contributed by atoms with Crippen molar-refractivity contribution >= 4 is 11.9 Å². The van der Waals surface area contributed by atoms with Crippen molar-refractivity contribution in [3.8, 4) is 0 Å². The van der Waals surface area contributed by atoms with Gasteiger partial charge in [-0.05, 0) is 51.0 Å². The predicted octanol–water partition coefficient (Wildman–Crippen LogP) is 5.43. The smallest absolute Gasteiger partial charge is 0.338 e. The van der Waals surface area contributed by atoms with Crippen molar-refractivity contribution in [3.63, 3.8) is 0 Å². The fraction of sp³-hybridized carbons (Fsp3) is 0.391. The van der Waals surface area contributed by atoms with Crippen LogP contribution < -0.4 is 0 Å². The second kappa shape index (κ2) is 9.91. The molecule has 4 nitrogen and oxygen atoms in total. The van der Waals surface area contributed by atoms with Crippen LogP contribution in [0.5, 0.6) is 0 Å². The van der Waals surface area contributed by atoms with E-state index in [2.05, 4.69) is 6.92 Å². The highest BCUT2D eigenvalue weighted by Crippen LogP contribution is 2.27. The van der Waals surface area contributed by atoms with Crippen LogP contribution in [-0.4, -0.2) is 23.6 Å². The van der Waals surface area contributed by atoms with E-state index >= 15 is 0 Å². The average molecular weight is 368 g/mol. The Kier molecular flexibility index (Phi) is 7.59. The lowest BCUT2D eigenvalue weighted by molar-refractivity contribution is -0.0415. The van der Waals surface area contributed by atoms with E-state index in [1.807, 2.05) is 38.1 Å². The number of carbonyl (C=O) groups excluding carboxylic acids is 2. The topological polar surface area (TPSA) is 52.6 Å². The van der Waals surface area contributed by atoms with Crippen molar-refractivity contribution in [3.05, 3.63) is 71.8 Å². The summed E-state index contributed by atoms with van der Waals surface area (Å²) in [5.41, 5.74) is 0.342. The molecule has 2 aromatic carbocycles. The largest absolute Gasteiger partial charge is 0.459 e. The van der Waals surface area contributed by atoms with Gasteiger partial charge in [0.15, 0.2) is 0 Å². The normalized spacial score (nSPS) is 14.0. The molecule has 0 saturated carbocycles. The molecular formula is C23H28O4. The maximum absolute atomic E-state index is 12.5. The van der Waals surface area contributed by atoms with Crippen LogP contribution in [0.3, 0.4) is 0 Å². The van der Waals surface area contributed by atoms with Crippen LogP contribution in [-0.2, 0) is 9.47 Å². The summed E-state index contributed by atoms with van der Waals surface area (Å²) in [4.78, 5) is 24.8. The SMILES string of the molecule is CCCCC(C)(CC(C)OC(=O)c1ccccc1)OC(=O)c1ccccc1. The van der Waals surface area contributed by atoms with Crippen LogP contribution >= 0.6 is 0 Å². The molecule has 0 aliphatic heterocycles. The van der Waals surface area contributed by atoms with Crippen molar-refractivity contribution in [2.75, 3.05) is 0 Å². The molecule has 0 radical (unpaired) electrons. The minimum Gasteiger partial charge on any atom is -0.459 e. The molecule has 2 atom stereocenters. The summed E-state index contributed by atoms with van der Waals surface area (Å²) in [7, 11) is 0. The van der Waals surface area contributed by atoms with Crippen molar-refractivity contribution in [2.24, 2.45) is 0 Å². The molecule has 27 heavy (non-hydrogen) atoms. The molecule has 0 fully saturated rings. The van der Waals surface area contributed by atoms with E-state index < -0.39 is 5.60 Å². The Balaban J connectivity index is 2.03. The predicted molar refractivity (Wildman–Crippen MR) is 106 cm³/mol. The molecule has 0 amide bonds. The summed E-state index contributed by atoms with van der Waals surface area (Å²) in [5.74, 6) is -0.717. The zero-order valence-electron chi connectivity index (χ0n) is 16.3. The lowest BCUT2D eigenvalue weighted by atomic mass is 9.92. The van der Waals surface area contributed by atoms with Gasteiger partial charge in [-0.2, -0.15) is 0 Å². The number of ether oxygens (including phenoxy) is 2. The Labute approximate surface area is 161 Å². The fourth-order valence-corrected chi connectivity index (χ4v) is 3.08. The first kappa shape index (κ1) is 20.7. The van der Waals surface area contributed by atoms with Crippen LogP contribution in [0.25, 0.3) is 0 Å². The van der Waals surface area contributed by atoms with E-state index in [4.69, 9.17) is 9.47 Å². The Bertz CT molecular complexity index is 727. The Hall–Kier alpha value is -2.62. The van der Waals surface area contributed by atoms with Gasteiger partial charge in [0.1, 0.15) is 11.7 Å². The fourth-order valence-electron chi connectivity index (χ4n) is 3.08. The summed E-state index contributed by atoms with van der Waals surface area (Å²) in [6, 6.07) is 17.9. The van der Waals surface area contributed by atoms with Crippen molar-refractivity contribution in [1.82, 2.24) is 0 Å². The van der Waals surface area contributed by atoms with Crippen LogP contribution in [0.1, 0.15) is 67.2 Å². The molecule has 4 heteroatoms. The van der Waals surface area contributed by atoms with E-state index in [1.165, 1.54) is 0 Å². The Morgan fingerprint density at radius 2 is 1.44 bits per heavy atom. The lowest BCUT2D eigenvalue weighted by Gasteiger charge is -2.32. The van der Waals surface area contributed by atoms with Gasteiger partial charge in [0.25, 0.3) is 0 Å². The van der Waals surface area contributed by atoms with E-state index in [9.17, 15) is 9.59 Å². The summed E-state index contributed by atoms with van der Waals surface area (Å²) >= 11 is 0. The maximum Gasteiger partial charge on any atom is 0.338 e. The minimum absolute atomic E-state index is 0.351. The number of rotatable bonds is 9. The second-order valence-electron chi connectivity index (χ2n) is 7.10. The molecule has 0 spiro atoms. The highest BCUT2D eigenvalue weighted by molar-refractivity contribution is 5.90. The Morgan fingerprint density at radius 1 is 0.926 bits per heavy atom. The first-order chi connectivity index (χ1) is 12.9. The first-order valence-corrected chi connectivity index (χ1v) is 9.48. The second-order valence-corrected chi connectivity index (χ2v) is 7.10. The van der Waals surface area contributed by atoms with Crippen molar-refractivity contribution in [2.45, 2.75) is 58.2 Å². The number of hydrogen-bond acceptors (Lipinski definition) is 4. The van der Waals surface area contributed by atoms with Crippen LogP contribution in [0.2, 0.25) is 0 Å². The highest BCUT2D eigenvalue weighted by Gasteiger charge is 2.32. The quantitative estimate of drug-likeness (QED) is 0.554. The summed E-state index contributed by atoms with van der Waals surface area (Å²) in [6.07, 6.45) is 2.72. The van der Waals surface area contributed by atoms with Gasteiger partial charge in [0, 0.05) is 6.42 Å². The summed E-state index contributed by atoms with van der Waals surface area (Å²) in [6.45, 7) is 5.84. The molecule has 2 rings (SSSR count). The standard InChI is InChI=1S/C23H28O4/c1-4-5-16-23(3,27-22(25)20-14-10-7-11-15-20)17-18(2)26-21(24)19-12-8-6-9-13-19/h6-15,18H,4-5,16-17H2,1-3H3. The van der Waals surface area contributed by atoms with Crippen molar-refractivity contribution in [1.29, 1.82) is 0 Å². The number of benzene rings is 2. The Morgan fingerprint density at radius 3 is 1.96 bits per heavy atom. The van der Waals surface area contributed by atoms with Gasteiger partial charge in [-0.3, -0.25) is 0 Å². The number of esters is 2. The van der Waals surface area contributed by atoms with Gasteiger partial charge < -0.3 is 9.47 Å². The van der Waals surface area contributed by atoms with Gasteiger partial charge >= 0.3 is 11.9 Å². The number of carbonyl (C=O) groups is 2. The number of unbranched alkanes of at least 4 members (excludes halogenated alkanes) is 1. The molecule has 0 heterocycles. The van der Waals surface area contributed by atoms with Gasteiger partial charge in [0.05, 0.1) is 11.1 Å². The van der Waals surface area contributed by atoms with Gasteiger partial charge in [-0.25, -0.2) is 9.59 Å². The number of hydrogen-bond donors (Lipinski definition) is 0. The molecule has 0 bridgehead atoms. The average Bonchev–Trinajstić information content (AvgIpc) is 2.67. The molecule has 0 aromatic heterocycles. The molecule has 0 saturated heterocycles. The molecule has 0 N–H and O–H groups in total. The van der Waals surface area contributed by atoms with Gasteiger partial charge in [-0.15, -0.1) is 0 Å². The zero-order valence-corrected chi connectivity index (χ0v) is 16.3. The van der Waals surface area contributed by atoms with Crippen molar-refractivity contribution < 1.29 is 19.1 Å². The third kappa shape index (κ3) is 6.55. The molecule has 0 aliphatic rings. The zero-order chi connectivity index (χ0) is 19.7. The van der Waals surface area contributed by atoms with E-state index in [1.54, 1.807) is 36.4 Å². The third-order valence-corrected chi connectivity index (χ3v) is 4.44. The third-order valence-electron chi connectivity index (χ3n) is 4.44. The van der Waals surface area contributed by atoms with Crippen LogP contribution in [0.4, 0.5) is 0 Å². The molecule has 0 aliphatic carbocycles. The first-order valence-electron chi connectivity index (χ1n) is 9.48. The van der Waals surface area contributed by atoms with E-state index in [0.29, 0.717) is 17.5 Å². The van der Waals surface area contributed by atoms with Gasteiger partial charge in [0.2, 0.25) is 0 Å². The minimum atomic E-state index is -0.695. The summed E-state index contributed by atoms with van der Waals surface area (Å²) in [5, 5.41) is 0.